The number of aliphatic hydroxyl groups excluding tert-OH is 1. The van der Waals surface area contributed by atoms with Crippen LogP contribution in [0.2, 0.25) is 0 Å². The van der Waals surface area contributed by atoms with Crippen LogP contribution in [0, 0.1) is 5.92 Å². The smallest absolute Gasteiger partial charge is 0.0795 e. The van der Waals surface area contributed by atoms with E-state index in [9.17, 15) is 5.11 Å². The van der Waals surface area contributed by atoms with Crippen LogP contribution >= 0.6 is 11.8 Å². The van der Waals surface area contributed by atoms with Gasteiger partial charge in [0.05, 0.1) is 12.2 Å². The molecule has 0 aromatic carbocycles. The van der Waals surface area contributed by atoms with Gasteiger partial charge in [0, 0.05) is 23.9 Å². The van der Waals surface area contributed by atoms with Crippen LogP contribution in [0.3, 0.4) is 0 Å². The lowest BCUT2D eigenvalue weighted by Crippen LogP contribution is -2.58. The fourth-order valence-corrected chi connectivity index (χ4v) is 5.81. The molecule has 2 saturated heterocycles. The summed E-state index contributed by atoms with van der Waals surface area (Å²) in [7, 11) is 0. The normalized spacial score (nSPS) is 45.9. The Hall–Kier alpha value is 0.230. The second-order valence-electron chi connectivity index (χ2n) is 7.31. The zero-order valence-corrected chi connectivity index (χ0v) is 13.5. The molecular formula is C16H29NO2S. The summed E-state index contributed by atoms with van der Waals surface area (Å²) in [5, 5.41) is 13.8. The van der Waals surface area contributed by atoms with E-state index in [0.29, 0.717) is 6.04 Å². The Balaban J connectivity index is 1.63. The second kappa shape index (κ2) is 6.15. The molecule has 0 aromatic rings. The van der Waals surface area contributed by atoms with Crippen LogP contribution in [0.5, 0.6) is 0 Å². The van der Waals surface area contributed by atoms with Gasteiger partial charge in [-0.05, 0) is 43.8 Å². The minimum Gasteiger partial charge on any atom is -0.394 e. The summed E-state index contributed by atoms with van der Waals surface area (Å²) in [6.45, 7) is 3.50. The van der Waals surface area contributed by atoms with Gasteiger partial charge in [-0.2, -0.15) is 11.8 Å². The standard InChI is InChI=1S/C16H29NO2S/c1-13-3-2-5-15(9-13,11-18)17-14-4-7-19-16(10-14)6-8-20-12-16/h13-14,17-18H,2-12H2,1H3. The first kappa shape index (κ1) is 15.1. The summed E-state index contributed by atoms with van der Waals surface area (Å²) in [6.07, 6.45) is 8.27. The zero-order chi connectivity index (χ0) is 14.1. The third kappa shape index (κ3) is 3.18. The summed E-state index contributed by atoms with van der Waals surface area (Å²) < 4.78 is 6.11. The molecule has 4 atom stereocenters. The Labute approximate surface area is 127 Å². The van der Waals surface area contributed by atoms with Gasteiger partial charge in [0.25, 0.3) is 0 Å². The maximum atomic E-state index is 9.95. The van der Waals surface area contributed by atoms with Gasteiger partial charge in [-0.1, -0.05) is 19.8 Å². The quantitative estimate of drug-likeness (QED) is 0.840. The third-order valence-corrected chi connectivity index (χ3v) is 6.69. The van der Waals surface area contributed by atoms with E-state index in [1.807, 2.05) is 11.8 Å². The average molecular weight is 299 g/mol. The van der Waals surface area contributed by atoms with E-state index in [-0.39, 0.29) is 17.7 Å². The van der Waals surface area contributed by atoms with Crippen LogP contribution in [0.4, 0.5) is 0 Å². The number of thioether (sulfide) groups is 1. The first-order valence-electron chi connectivity index (χ1n) is 8.26. The highest BCUT2D eigenvalue weighted by Crippen LogP contribution is 2.40. The molecule has 3 rings (SSSR count). The molecule has 0 radical (unpaired) electrons. The lowest BCUT2D eigenvalue weighted by molar-refractivity contribution is -0.0772. The van der Waals surface area contributed by atoms with Crippen molar-refractivity contribution in [3.8, 4) is 0 Å². The van der Waals surface area contributed by atoms with Gasteiger partial charge >= 0.3 is 0 Å². The fraction of sp³-hybridized carbons (Fsp3) is 1.00. The minimum absolute atomic E-state index is 0.0212. The highest BCUT2D eigenvalue weighted by Gasteiger charge is 2.43. The Morgan fingerprint density at radius 2 is 2.20 bits per heavy atom. The molecule has 2 heterocycles. The zero-order valence-electron chi connectivity index (χ0n) is 12.7. The number of ether oxygens (including phenoxy) is 1. The number of aliphatic hydroxyl groups is 1. The number of hydrogen-bond donors (Lipinski definition) is 2. The molecule has 2 N–H and O–H groups in total. The molecule has 2 aliphatic heterocycles. The third-order valence-electron chi connectivity index (χ3n) is 5.46. The molecule has 20 heavy (non-hydrogen) atoms. The van der Waals surface area contributed by atoms with Crippen LogP contribution in [0.1, 0.15) is 51.9 Å². The lowest BCUT2D eigenvalue weighted by atomic mass is 9.75. The van der Waals surface area contributed by atoms with Crippen molar-refractivity contribution in [3.05, 3.63) is 0 Å². The van der Waals surface area contributed by atoms with E-state index >= 15 is 0 Å². The van der Waals surface area contributed by atoms with Crippen LogP contribution < -0.4 is 5.32 Å². The predicted molar refractivity (Wildman–Crippen MR) is 84.2 cm³/mol. The monoisotopic (exact) mass is 299 g/mol. The van der Waals surface area contributed by atoms with E-state index in [1.54, 1.807) is 0 Å². The maximum absolute atomic E-state index is 9.95. The van der Waals surface area contributed by atoms with Crippen LogP contribution in [-0.4, -0.2) is 47.0 Å². The molecule has 1 spiro atoms. The van der Waals surface area contributed by atoms with Gasteiger partial charge in [-0.25, -0.2) is 0 Å². The first-order valence-corrected chi connectivity index (χ1v) is 9.41. The molecule has 1 saturated carbocycles. The molecule has 0 bridgehead atoms. The molecular weight excluding hydrogens is 270 g/mol. The second-order valence-corrected chi connectivity index (χ2v) is 8.41. The minimum atomic E-state index is -0.0212. The SMILES string of the molecule is CC1CCCC(CO)(NC2CCOC3(CCSC3)C2)C1. The molecule has 4 heteroatoms. The highest BCUT2D eigenvalue weighted by molar-refractivity contribution is 7.99. The lowest BCUT2D eigenvalue weighted by Gasteiger charge is -2.46. The highest BCUT2D eigenvalue weighted by atomic mass is 32.2. The number of rotatable bonds is 3. The number of nitrogens with one attached hydrogen (secondary N) is 1. The molecule has 3 nitrogen and oxygen atoms in total. The molecule has 0 aromatic heterocycles. The Kier molecular flexibility index (Phi) is 4.66. The van der Waals surface area contributed by atoms with Crippen LogP contribution in [0.15, 0.2) is 0 Å². The van der Waals surface area contributed by atoms with Gasteiger partial charge in [-0.3, -0.25) is 0 Å². The molecule has 0 amide bonds. The number of hydrogen-bond acceptors (Lipinski definition) is 4. The van der Waals surface area contributed by atoms with Crippen molar-refractivity contribution in [1.29, 1.82) is 0 Å². The van der Waals surface area contributed by atoms with Crippen molar-refractivity contribution < 1.29 is 9.84 Å². The molecule has 4 unspecified atom stereocenters. The molecule has 116 valence electrons. The van der Waals surface area contributed by atoms with Crippen molar-refractivity contribution in [3.63, 3.8) is 0 Å². The predicted octanol–water partition coefficient (Wildman–Crippen LogP) is 2.57. The Bertz CT molecular complexity index is 332. The van der Waals surface area contributed by atoms with E-state index in [0.717, 1.165) is 44.0 Å². The fourth-order valence-electron chi connectivity index (χ4n) is 4.43. The van der Waals surface area contributed by atoms with E-state index in [1.165, 1.54) is 25.0 Å². The van der Waals surface area contributed by atoms with Crippen molar-refractivity contribution in [1.82, 2.24) is 5.32 Å². The van der Waals surface area contributed by atoms with E-state index in [4.69, 9.17) is 4.74 Å². The molecule has 1 aliphatic carbocycles. The maximum Gasteiger partial charge on any atom is 0.0795 e. The van der Waals surface area contributed by atoms with Crippen molar-refractivity contribution in [2.45, 2.75) is 69.1 Å². The van der Waals surface area contributed by atoms with Crippen LogP contribution in [-0.2, 0) is 4.74 Å². The van der Waals surface area contributed by atoms with Crippen molar-refractivity contribution in [2.24, 2.45) is 5.92 Å². The Morgan fingerprint density at radius 1 is 1.30 bits per heavy atom. The van der Waals surface area contributed by atoms with Gasteiger partial charge in [0.15, 0.2) is 0 Å². The van der Waals surface area contributed by atoms with Gasteiger partial charge in [0.2, 0.25) is 0 Å². The van der Waals surface area contributed by atoms with Gasteiger partial charge < -0.3 is 15.2 Å². The van der Waals surface area contributed by atoms with Gasteiger partial charge in [-0.15, -0.1) is 0 Å². The summed E-state index contributed by atoms with van der Waals surface area (Å²) in [6, 6.07) is 0.528. The van der Waals surface area contributed by atoms with Crippen molar-refractivity contribution in [2.75, 3.05) is 24.7 Å². The summed E-state index contributed by atoms with van der Waals surface area (Å²) >= 11 is 2.03. The van der Waals surface area contributed by atoms with E-state index in [2.05, 4.69) is 12.2 Å². The Morgan fingerprint density at radius 3 is 2.90 bits per heavy atom. The topological polar surface area (TPSA) is 41.5 Å². The van der Waals surface area contributed by atoms with Crippen molar-refractivity contribution >= 4 is 11.8 Å². The van der Waals surface area contributed by atoms with Crippen LogP contribution in [0.25, 0.3) is 0 Å². The van der Waals surface area contributed by atoms with E-state index < -0.39 is 0 Å². The summed E-state index contributed by atoms with van der Waals surface area (Å²) in [4.78, 5) is 0. The summed E-state index contributed by atoms with van der Waals surface area (Å²) in [5.74, 6) is 3.14. The molecule has 3 fully saturated rings. The average Bonchev–Trinajstić information content (AvgIpc) is 2.87. The molecule has 3 aliphatic rings. The van der Waals surface area contributed by atoms with Gasteiger partial charge in [0.1, 0.15) is 0 Å². The summed E-state index contributed by atoms with van der Waals surface area (Å²) in [5.41, 5.74) is 0.115. The first-order chi connectivity index (χ1) is 9.65. The largest absolute Gasteiger partial charge is 0.394 e.